The van der Waals surface area contributed by atoms with Crippen LogP contribution < -0.4 is 5.73 Å². The van der Waals surface area contributed by atoms with Crippen LogP contribution in [0.2, 0.25) is 5.02 Å². The zero-order chi connectivity index (χ0) is 12.6. The molecule has 2 aromatic heterocycles. The van der Waals surface area contributed by atoms with Gasteiger partial charge in [-0.15, -0.1) is 0 Å². The maximum atomic E-state index is 5.88. The van der Waals surface area contributed by atoms with Gasteiger partial charge in [-0.05, 0) is 6.92 Å². The number of nitrogens with zero attached hydrogens (tertiary/aromatic N) is 4. The van der Waals surface area contributed by atoms with Crippen molar-refractivity contribution >= 4 is 17.4 Å². The Hall–Kier alpha value is -1.62. The number of halogens is 1. The van der Waals surface area contributed by atoms with E-state index in [1.54, 1.807) is 17.1 Å². The van der Waals surface area contributed by atoms with Crippen LogP contribution in [-0.2, 0) is 0 Å². The van der Waals surface area contributed by atoms with E-state index in [0.29, 0.717) is 22.5 Å². The van der Waals surface area contributed by atoms with Crippen molar-refractivity contribution in [3.05, 3.63) is 28.8 Å². The predicted octanol–water partition coefficient (Wildman–Crippen LogP) is 2.33. The molecule has 0 fully saturated rings. The summed E-state index contributed by atoms with van der Waals surface area (Å²) in [6.45, 7) is 5.90. The normalized spacial score (nSPS) is 11.1. The van der Waals surface area contributed by atoms with E-state index in [0.717, 1.165) is 5.56 Å². The summed E-state index contributed by atoms with van der Waals surface area (Å²) in [5, 5.41) is 4.69. The van der Waals surface area contributed by atoms with Crippen molar-refractivity contribution in [1.82, 2.24) is 19.7 Å². The fraction of sp³-hybridized carbons (Fsp3) is 0.364. The van der Waals surface area contributed by atoms with Crippen LogP contribution in [0.4, 0.5) is 5.82 Å². The first-order chi connectivity index (χ1) is 7.99. The average Bonchev–Trinajstić information content (AvgIpc) is 2.68. The number of hydrogen-bond acceptors (Lipinski definition) is 4. The third-order valence-corrected chi connectivity index (χ3v) is 2.65. The van der Waals surface area contributed by atoms with Gasteiger partial charge in [0.15, 0.2) is 5.82 Å². The van der Waals surface area contributed by atoms with Gasteiger partial charge in [0.05, 0.1) is 17.4 Å². The summed E-state index contributed by atoms with van der Waals surface area (Å²) >= 11 is 5.85. The molecule has 0 aliphatic heterocycles. The molecule has 0 saturated heterocycles. The standard InChI is InChI=1S/C11H14ClN5/c1-6(2)10-15-9(13)7(3)11(16-10)17-5-8(12)4-14-17/h4-6H,1-3H3,(H2,13,15,16). The van der Waals surface area contributed by atoms with Crippen molar-refractivity contribution in [3.8, 4) is 5.82 Å². The largest absolute Gasteiger partial charge is 0.383 e. The van der Waals surface area contributed by atoms with Crippen LogP contribution in [0.15, 0.2) is 12.4 Å². The van der Waals surface area contributed by atoms with Gasteiger partial charge in [-0.1, -0.05) is 25.4 Å². The summed E-state index contributed by atoms with van der Waals surface area (Å²) < 4.78 is 1.61. The van der Waals surface area contributed by atoms with Crippen molar-refractivity contribution in [2.45, 2.75) is 26.7 Å². The fourth-order valence-electron chi connectivity index (χ4n) is 1.44. The maximum Gasteiger partial charge on any atom is 0.162 e. The number of hydrogen-bond donors (Lipinski definition) is 1. The van der Waals surface area contributed by atoms with Crippen LogP contribution in [0.25, 0.3) is 5.82 Å². The van der Waals surface area contributed by atoms with Crippen molar-refractivity contribution < 1.29 is 0 Å². The van der Waals surface area contributed by atoms with Crippen LogP contribution in [0.5, 0.6) is 0 Å². The first kappa shape index (κ1) is 11.9. The average molecular weight is 252 g/mol. The van der Waals surface area contributed by atoms with E-state index in [9.17, 15) is 0 Å². The third kappa shape index (κ3) is 2.24. The molecule has 0 atom stereocenters. The Labute approximate surface area is 105 Å². The minimum atomic E-state index is 0.211. The lowest BCUT2D eigenvalue weighted by molar-refractivity contribution is 0.743. The molecule has 0 aromatic carbocycles. The molecule has 0 spiro atoms. The molecule has 17 heavy (non-hydrogen) atoms. The van der Waals surface area contributed by atoms with Gasteiger partial charge < -0.3 is 5.73 Å². The van der Waals surface area contributed by atoms with E-state index in [2.05, 4.69) is 15.1 Å². The number of anilines is 1. The van der Waals surface area contributed by atoms with Gasteiger partial charge in [0.1, 0.15) is 11.6 Å². The van der Waals surface area contributed by atoms with Crippen LogP contribution in [-0.4, -0.2) is 19.7 Å². The van der Waals surface area contributed by atoms with Gasteiger partial charge in [-0.3, -0.25) is 0 Å². The number of nitrogens with two attached hydrogens (primary N) is 1. The Balaban J connectivity index is 2.60. The van der Waals surface area contributed by atoms with Crippen LogP contribution in [0.3, 0.4) is 0 Å². The minimum absolute atomic E-state index is 0.211. The van der Waals surface area contributed by atoms with Crippen molar-refractivity contribution in [2.75, 3.05) is 5.73 Å². The summed E-state index contributed by atoms with van der Waals surface area (Å²) in [5.74, 6) is 2.07. The first-order valence-corrected chi connectivity index (χ1v) is 5.71. The predicted molar refractivity (Wildman–Crippen MR) is 67.4 cm³/mol. The molecule has 0 radical (unpaired) electrons. The SMILES string of the molecule is Cc1c(N)nc(C(C)C)nc1-n1cc(Cl)cn1. The lowest BCUT2D eigenvalue weighted by atomic mass is 10.2. The second-order valence-corrected chi connectivity index (χ2v) is 4.61. The van der Waals surface area contributed by atoms with E-state index in [-0.39, 0.29) is 5.92 Å². The second kappa shape index (κ2) is 4.33. The Morgan fingerprint density at radius 2 is 2.06 bits per heavy atom. The Morgan fingerprint density at radius 3 is 2.59 bits per heavy atom. The summed E-state index contributed by atoms with van der Waals surface area (Å²) in [4.78, 5) is 8.72. The highest BCUT2D eigenvalue weighted by Crippen LogP contribution is 2.20. The van der Waals surface area contributed by atoms with Crippen molar-refractivity contribution in [3.63, 3.8) is 0 Å². The summed E-state index contributed by atoms with van der Waals surface area (Å²) in [6.07, 6.45) is 3.26. The molecule has 0 aliphatic carbocycles. The van der Waals surface area contributed by atoms with Crippen molar-refractivity contribution in [2.24, 2.45) is 0 Å². The Kier molecular flexibility index (Phi) is 3.02. The van der Waals surface area contributed by atoms with Crippen LogP contribution in [0.1, 0.15) is 31.2 Å². The molecule has 0 amide bonds. The molecule has 2 rings (SSSR count). The zero-order valence-corrected chi connectivity index (χ0v) is 10.7. The molecule has 0 saturated carbocycles. The molecule has 2 heterocycles. The van der Waals surface area contributed by atoms with E-state index >= 15 is 0 Å². The molecule has 2 aromatic rings. The highest BCUT2D eigenvalue weighted by atomic mass is 35.5. The molecule has 0 aliphatic rings. The molecule has 0 unspecified atom stereocenters. The fourth-order valence-corrected chi connectivity index (χ4v) is 1.57. The maximum absolute atomic E-state index is 5.88. The Morgan fingerprint density at radius 1 is 1.35 bits per heavy atom. The first-order valence-electron chi connectivity index (χ1n) is 5.33. The smallest absolute Gasteiger partial charge is 0.162 e. The summed E-state index contributed by atoms with van der Waals surface area (Å²) in [6, 6.07) is 0. The van der Waals surface area contributed by atoms with Crippen LogP contribution in [0, 0.1) is 6.92 Å². The minimum Gasteiger partial charge on any atom is -0.383 e. The summed E-state index contributed by atoms with van der Waals surface area (Å²) in [5.41, 5.74) is 6.68. The van der Waals surface area contributed by atoms with Gasteiger partial charge in [-0.25, -0.2) is 14.6 Å². The van der Waals surface area contributed by atoms with E-state index < -0.39 is 0 Å². The molecule has 90 valence electrons. The Bertz CT molecular complexity index is 547. The van der Waals surface area contributed by atoms with Crippen LogP contribution >= 0.6 is 11.6 Å². The van der Waals surface area contributed by atoms with Gasteiger partial charge in [0.2, 0.25) is 0 Å². The van der Waals surface area contributed by atoms with E-state index in [4.69, 9.17) is 17.3 Å². The van der Waals surface area contributed by atoms with E-state index in [1.165, 1.54) is 0 Å². The number of nitrogen functional groups attached to an aromatic ring is 1. The molecular weight excluding hydrogens is 238 g/mol. The molecule has 5 nitrogen and oxygen atoms in total. The molecule has 2 N–H and O–H groups in total. The lowest BCUT2D eigenvalue weighted by Gasteiger charge is -2.11. The molecule has 0 bridgehead atoms. The highest BCUT2D eigenvalue weighted by molar-refractivity contribution is 6.30. The van der Waals surface area contributed by atoms with Gasteiger partial charge >= 0.3 is 0 Å². The highest BCUT2D eigenvalue weighted by Gasteiger charge is 2.13. The topological polar surface area (TPSA) is 69.6 Å². The third-order valence-electron chi connectivity index (χ3n) is 2.46. The second-order valence-electron chi connectivity index (χ2n) is 4.17. The van der Waals surface area contributed by atoms with E-state index in [1.807, 2.05) is 20.8 Å². The summed E-state index contributed by atoms with van der Waals surface area (Å²) in [7, 11) is 0. The number of aromatic nitrogens is 4. The number of rotatable bonds is 2. The molecular formula is C11H14ClN5. The molecule has 6 heteroatoms. The lowest BCUT2D eigenvalue weighted by Crippen LogP contribution is -2.10. The van der Waals surface area contributed by atoms with Gasteiger partial charge in [-0.2, -0.15) is 5.10 Å². The quantitative estimate of drug-likeness (QED) is 0.889. The van der Waals surface area contributed by atoms with Gasteiger partial charge in [0.25, 0.3) is 0 Å². The monoisotopic (exact) mass is 251 g/mol. The van der Waals surface area contributed by atoms with Gasteiger partial charge in [0, 0.05) is 11.5 Å². The van der Waals surface area contributed by atoms with Crippen molar-refractivity contribution in [1.29, 1.82) is 0 Å². The zero-order valence-electron chi connectivity index (χ0n) is 9.98.